The molecule has 4 aromatic rings. The molecule has 1 aliphatic heterocycles. The molecule has 2 N–H and O–H groups in total. The molecule has 2 aromatic carbocycles. The lowest BCUT2D eigenvalue weighted by atomic mass is 10.1. The predicted octanol–water partition coefficient (Wildman–Crippen LogP) is 4.31. The van der Waals surface area contributed by atoms with Crippen LogP contribution in [0.4, 0.5) is 0 Å². The number of fused-ring (bicyclic) bond motifs is 4. The molecule has 2 aromatic heterocycles. The Balaban J connectivity index is 1.38. The number of H-pyrrole nitrogens is 1. The van der Waals surface area contributed by atoms with Crippen molar-refractivity contribution in [3.8, 4) is 22.7 Å². The fourth-order valence-electron chi connectivity index (χ4n) is 3.82. The Kier molecular flexibility index (Phi) is 6.67. The van der Waals surface area contributed by atoms with Crippen molar-refractivity contribution in [3.05, 3.63) is 89.6 Å². The molecule has 176 valence electrons. The van der Waals surface area contributed by atoms with E-state index in [0.29, 0.717) is 35.1 Å². The van der Waals surface area contributed by atoms with Gasteiger partial charge in [0.05, 0.1) is 30.2 Å². The summed E-state index contributed by atoms with van der Waals surface area (Å²) in [5.74, 6) is 1.19. The fourth-order valence-corrected chi connectivity index (χ4v) is 4.00. The van der Waals surface area contributed by atoms with Crippen molar-refractivity contribution in [3.63, 3.8) is 0 Å². The van der Waals surface area contributed by atoms with E-state index in [2.05, 4.69) is 30.8 Å². The zero-order valence-corrected chi connectivity index (χ0v) is 19.4. The van der Waals surface area contributed by atoms with E-state index in [0.717, 1.165) is 23.4 Å². The molecule has 1 atom stereocenters. The number of nitrogens with zero attached hydrogens (tertiary/aromatic N) is 5. The van der Waals surface area contributed by atoms with E-state index in [1.165, 1.54) is 17.1 Å². The van der Waals surface area contributed by atoms with Gasteiger partial charge in [-0.3, -0.25) is 4.79 Å². The van der Waals surface area contributed by atoms with Crippen molar-refractivity contribution < 1.29 is 9.53 Å². The van der Waals surface area contributed by atoms with E-state index in [1.807, 2.05) is 36.4 Å². The highest BCUT2D eigenvalue weighted by molar-refractivity contribution is 6.30. The number of aromatic nitrogens is 6. The van der Waals surface area contributed by atoms with Crippen LogP contribution in [0.3, 0.4) is 0 Å². The number of tetrazole rings is 1. The highest BCUT2D eigenvalue weighted by Gasteiger charge is 2.18. The molecule has 9 nitrogen and oxygen atoms in total. The van der Waals surface area contributed by atoms with Gasteiger partial charge in [-0.1, -0.05) is 35.9 Å². The van der Waals surface area contributed by atoms with Gasteiger partial charge in [0, 0.05) is 22.2 Å². The molecule has 0 saturated carbocycles. The summed E-state index contributed by atoms with van der Waals surface area (Å²) in [5.41, 5.74) is 3.17. The number of imidazole rings is 1. The lowest BCUT2D eigenvalue weighted by Crippen LogP contribution is -2.27. The summed E-state index contributed by atoms with van der Waals surface area (Å²) < 4.78 is 7.45. The maximum absolute atomic E-state index is 12.9. The van der Waals surface area contributed by atoms with Gasteiger partial charge in [0.2, 0.25) is 5.91 Å². The molecule has 0 radical (unpaired) electrons. The highest BCUT2D eigenvalue weighted by Crippen LogP contribution is 2.30. The number of para-hydroxylation sites is 1. The van der Waals surface area contributed by atoms with Gasteiger partial charge in [-0.15, -0.1) is 5.10 Å². The predicted molar refractivity (Wildman–Crippen MR) is 132 cm³/mol. The van der Waals surface area contributed by atoms with Gasteiger partial charge in [-0.25, -0.2) is 4.98 Å². The zero-order valence-electron chi connectivity index (χ0n) is 18.6. The van der Waals surface area contributed by atoms with Gasteiger partial charge < -0.3 is 15.0 Å². The number of benzene rings is 2. The first-order valence-electron chi connectivity index (χ1n) is 11.1. The molecule has 0 saturated heterocycles. The summed E-state index contributed by atoms with van der Waals surface area (Å²) in [7, 11) is 0. The molecular weight excluding hydrogens is 466 g/mol. The smallest absolute Gasteiger partial charge is 0.244 e. The summed E-state index contributed by atoms with van der Waals surface area (Å²) in [5, 5.41) is 14.8. The van der Waals surface area contributed by atoms with Gasteiger partial charge in [-0.2, -0.15) is 4.68 Å². The van der Waals surface area contributed by atoms with Crippen molar-refractivity contribution in [1.29, 1.82) is 0 Å². The zero-order chi connectivity index (χ0) is 24.0. The Hall–Kier alpha value is -4.24. The first-order valence-corrected chi connectivity index (χ1v) is 11.5. The van der Waals surface area contributed by atoms with E-state index < -0.39 is 0 Å². The summed E-state index contributed by atoms with van der Waals surface area (Å²) in [4.78, 5) is 20.8. The van der Waals surface area contributed by atoms with Crippen LogP contribution in [0.1, 0.15) is 30.3 Å². The van der Waals surface area contributed by atoms with Crippen molar-refractivity contribution in [1.82, 2.24) is 35.5 Å². The number of carbonyl (C=O) groups is 1. The van der Waals surface area contributed by atoms with Crippen LogP contribution in [0.25, 0.3) is 23.0 Å². The molecule has 35 heavy (non-hydrogen) atoms. The Bertz CT molecular complexity index is 1380. The Labute approximate surface area is 206 Å². The van der Waals surface area contributed by atoms with Crippen LogP contribution in [-0.4, -0.2) is 42.7 Å². The van der Waals surface area contributed by atoms with Gasteiger partial charge in [0.15, 0.2) is 0 Å². The summed E-state index contributed by atoms with van der Waals surface area (Å²) in [6.45, 7) is 0.567. The monoisotopic (exact) mass is 487 g/mol. The second-order valence-corrected chi connectivity index (χ2v) is 8.31. The topological polar surface area (TPSA) is 111 Å². The molecule has 1 aliphatic rings. The van der Waals surface area contributed by atoms with Crippen LogP contribution in [0.5, 0.6) is 5.75 Å². The lowest BCUT2D eigenvalue weighted by Gasteiger charge is -2.15. The van der Waals surface area contributed by atoms with Crippen molar-refractivity contribution in [2.24, 2.45) is 0 Å². The molecule has 1 amide bonds. The minimum atomic E-state index is -0.331. The molecule has 5 rings (SSSR count). The number of ether oxygens (including phenoxy) is 1. The first kappa shape index (κ1) is 22.5. The second-order valence-electron chi connectivity index (χ2n) is 7.87. The third kappa shape index (κ3) is 5.30. The van der Waals surface area contributed by atoms with Crippen molar-refractivity contribution in [2.75, 3.05) is 6.61 Å². The number of aromatic amines is 1. The average molecular weight is 488 g/mol. The Morgan fingerprint density at radius 1 is 1.23 bits per heavy atom. The maximum Gasteiger partial charge on any atom is 0.244 e. The van der Waals surface area contributed by atoms with Crippen molar-refractivity contribution >= 4 is 23.6 Å². The number of halogens is 1. The molecule has 0 fully saturated rings. The summed E-state index contributed by atoms with van der Waals surface area (Å²) in [6.07, 6.45) is 11.8. The maximum atomic E-state index is 12.9. The third-order valence-corrected chi connectivity index (χ3v) is 5.73. The third-order valence-electron chi connectivity index (χ3n) is 5.50. The van der Waals surface area contributed by atoms with E-state index >= 15 is 0 Å². The number of rotatable bonds is 4. The number of carbonyl (C=O) groups excluding carboxylic acids is 1. The first-order chi connectivity index (χ1) is 17.2. The van der Waals surface area contributed by atoms with Gasteiger partial charge in [0.25, 0.3) is 0 Å². The number of amides is 1. The van der Waals surface area contributed by atoms with Crippen LogP contribution >= 0.6 is 11.6 Å². The minimum absolute atomic E-state index is 0.264. The van der Waals surface area contributed by atoms with Crippen LogP contribution < -0.4 is 10.1 Å². The minimum Gasteiger partial charge on any atom is -0.493 e. The van der Waals surface area contributed by atoms with Crippen LogP contribution in [0.15, 0.2) is 73.2 Å². The Morgan fingerprint density at radius 3 is 3.03 bits per heavy atom. The molecule has 0 spiro atoms. The highest BCUT2D eigenvalue weighted by atomic mass is 35.5. The molecule has 3 heterocycles. The van der Waals surface area contributed by atoms with Crippen LogP contribution in [0.2, 0.25) is 5.02 Å². The lowest BCUT2D eigenvalue weighted by molar-refractivity contribution is -0.117. The molecule has 0 aliphatic carbocycles. The van der Waals surface area contributed by atoms with E-state index in [4.69, 9.17) is 16.3 Å². The summed E-state index contributed by atoms with van der Waals surface area (Å²) in [6, 6.07) is 12.8. The molecule has 10 heteroatoms. The van der Waals surface area contributed by atoms with Gasteiger partial charge in [0.1, 0.15) is 17.9 Å². The van der Waals surface area contributed by atoms with Crippen molar-refractivity contribution in [2.45, 2.75) is 18.9 Å². The van der Waals surface area contributed by atoms with Gasteiger partial charge >= 0.3 is 0 Å². The summed E-state index contributed by atoms with van der Waals surface area (Å²) >= 11 is 6.17. The average Bonchev–Trinajstić information content (AvgIpc) is 3.57. The van der Waals surface area contributed by atoms with Crippen LogP contribution in [-0.2, 0) is 4.79 Å². The molecule has 0 unspecified atom stereocenters. The van der Waals surface area contributed by atoms with E-state index in [-0.39, 0.29) is 11.9 Å². The van der Waals surface area contributed by atoms with Crippen LogP contribution in [0, 0.1) is 0 Å². The standard InChI is InChI=1S/C25H22ClN7O2/c26-18-10-11-22(33-16-28-31-32-33)17(14-18)9-12-24(34)29-20-7-2-1-5-13-35-23-8-4-3-6-19(23)21-15-27-25(20)30-21/h1-4,6,8-12,14-16,20H,5,7,13H2,(H,27,30)(H,29,34)/b2-1-,12-9+/t20-/m0/s1. The Morgan fingerprint density at radius 2 is 2.14 bits per heavy atom. The molecular formula is C25H22ClN7O2. The SMILES string of the molecule is O=C(/C=C/c1cc(Cl)ccc1-n1cnnn1)N[C@H]1C/C=C\CCOc2ccccc2-c2cnc1[nH]2. The molecule has 2 bridgehead atoms. The van der Waals surface area contributed by atoms with Gasteiger partial charge in [-0.05, 0) is 59.7 Å². The van der Waals surface area contributed by atoms with E-state index in [9.17, 15) is 4.79 Å². The number of hydrogen-bond acceptors (Lipinski definition) is 6. The number of nitrogens with one attached hydrogen (secondary N) is 2. The quantitative estimate of drug-likeness (QED) is 0.328. The second kappa shape index (κ2) is 10.4. The largest absolute Gasteiger partial charge is 0.493 e. The fraction of sp³-hybridized carbons (Fsp3) is 0.160. The van der Waals surface area contributed by atoms with E-state index in [1.54, 1.807) is 30.5 Å². The normalized spacial score (nSPS) is 16.5. The number of hydrogen-bond donors (Lipinski definition) is 2.